The van der Waals surface area contributed by atoms with Crippen molar-refractivity contribution in [2.75, 3.05) is 0 Å². The first kappa shape index (κ1) is 20.5. The van der Waals surface area contributed by atoms with E-state index in [1.54, 1.807) is 0 Å². The average molecular weight is 405 g/mol. The third-order valence-electron chi connectivity index (χ3n) is 8.31. The van der Waals surface area contributed by atoms with Gasteiger partial charge in [0.25, 0.3) is 0 Å². The summed E-state index contributed by atoms with van der Waals surface area (Å²) < 4.78 is 13.6. The number of hydrogen-bond donors (Lipinski definition) is 0. The molecule has 0 radical (unpaired) electrons. The zero-order valence-corrected chi connectivity index (χ0v) is 19.6. The second-order valence-electron chi connectivity index (χ2n) is 11.6. The van der Waals surface area contributed by atoms with Crippen molar-refractivity contribution in [1.82, 2.24) is 0 Å². The number of rotatable bonds is 2. The molecule has 2 bridgehead atoms. The van der Waals surface area contributed by atoms with Crippen molar-refractivity contribution in [3.63, 3.8) is 0 Å². The average Bonchev–Trinajstić information content (AvgIpc) is 2.98. The third kappa shape index (κ3) is 2.68. The van der Waals surface area contributed by atoms with Gasteiger partial charge in [-0.05, 0) is 49.4 Å². The smallest absolute Gasteiger partial charge is 0.193 e. The van der Waals surface area contributed by atoms with Gasteiger partial charge in [0.2, 0.25) is 0 Å². The Morgan fingerprint density at radius 1 is 1.07 bits per heavy atom. The molecule has 0 unspecified atom stereocenters. The van der Waals surface area contributed by atoms with Gasteiger partial charge in [0, 0.05) is 18.3 Å². The number of ether oxygens (including phenoxy) is 1. The molecule has 5 heteroatoms. The number of hydrogen-bond acceptors (Lipinski definition) is 4. The molecule has 2 aliphatic heterocycles. The first-order valence-electron chi connectivity index (χ1n) is 10.9. The Morgan fingerprint density at radius 3 is 2.36 bits per heavy atom. The lowest BCUT2D eigenvalue weighted by Gasteiger charge is -2.48. The summed E-state index contributed by atoms with van der Waals surface area (Å²) in [5.74, 6) is 0.150. The van der Waals surface area contributed by atoms with Crippen LogP contribution in [0.15, 0.2) is 11.1 Å². The zero-order valence-electron chi connectivity index (χ0n) is 18.6. The van der Waals surface area contributed by atoms with Crippen LogP contribution in [0.5, 0.6) is 0 Å². The molecule has 0 saturated carbocycles. The van der Waals surface area contributed by atoms with E-state index in [1.165, 1.54) is 11.1 Å². The molecule has 2 fully saturated rings. The van der Waals surface area contributed by atoms with Gasteiger partial charge in [-0.2, -0.15) is 0 Å². The van der Waals surface area contributed by atoms with E-state index >= 15 is 0 Å². The van der Waals surface area contributed by atoms with Crippen molar-refractivity contribution in [2.24, 2.45) is 11.3 Å². The van der Waals surface area contributed by atoms with Gasteiger partial charge >= 0.3 is 0 Å². The third-order valence-corrected chi connectivity index (χ3v) is 12.7. The van der Waals surface area contributed by atoms with E-state index in [-0.39, 0.29) is 28.6 Å². The van der Waals surface area contributed by atoms with Crippen LogP contribution < -0.4 is 0 Å². The Labute approximate surface area is 170 Å². The molecule has 4 aliphatic rings. The van der Waals surface area contributed by atoms with Gasteiger partial charge in [-0.25, -0.2) is 0 Å². The monoisotopic (exact) mass is 404 g/mol. The maximum atomic E-state index is 13.5. The summed E-state index contributed by atoms with van der Waals surface area (Å²) in [5, 5.41) is 0.0565. The molecule has 0 aromatic carbocycles. The summed E-state index contributed by atoms with van der Waals surface area (Å²) in [5.41, 5.74) is 1.31. The Balaban J connectivity index is 1.88. The van der Waals surface area contributed by atoms with E-state index in [9.17, 15) is 9.59 Å². The highest BCUT2D eigenvalue weighted by atomic mass is 28.4. The van der Waals surface area contributed by atoms with Gasteiger partial charge in [-0.3, -0.25) is 9.59 Å². The Morgan fingerprint density at radius 2 is 1.71 bits per heavy atom. The molecule has 0 amide bonds. The molecule has 0 aromatic rings. The molecule has 0 N–H and O–H groups in total. The second-order valence-corrected chi connectivity index (χ2v) is 16.3. The summed E-state index contributed by atoms with van der Waals surface area (Å²) in [6, 6.07) is 0. The lowest BCUT2D eigenvalue weighted by Crippen LogP contribution is -2.58. The van der Waals surface area contributed by atoms with Crippen LogP contribution in [-0.4, -0.2) is 37.7 Å². The standard InChI is InChI=1S/C23H36O4Si/c1-21(2,3)28(6,7)27-19-15-11-9-8-10-14(15)12-16(24)18-22(4,5)20-17(25)13-23(18,19)26-20/h18-20H,8-13H2,1-7H3/t18-,19+,20+,23-/m1/s1. The highest BCUT2D eigenvalue weighted by molar-refractivity contribution is 6.74. The van der Waals surface area contributed by atoms with Crippen LogP contribution in [0.2, 0.25) is 18.1 Å². The zero-order chi connectivity index (χ0) is 20.7. The van der Waals surface area contributed by atoms with E-state index in [1.807, 2.05) is 13.8 Å². The van der Waals surface area contributed by atoms with Crippen molar-refractivity contribution in [2.45, 2.75) is 109 Å². The Bertz CT molecular complexity index is 757. The first-order chi connectivity index (χ1) is 12.8. The minimum absolute atomic E-state index is 0.0565. The largest absolute Gasteiger partial charge is 0.407 e. The number of fused-ring (bicyclic) bond motifs is 1. The molecule has 2 saturated heterocycles. The second kappa shape index (κ2) is 6.11. The quantitative estimate of drug-likeness (QED) is 0.481. The molecule has 0 aromatic heterocycles. The van der Waals surface area contributed by atoms with Gasteiger partial charge in [0.15, 0.2) is 14.1 Å². The van der Waals surface area contributed by atoms with E-state index < -0.39 is 25.4 Å². The van der Waals surface area contributed by atoms with Crippen molar-refractivity contribution < 1.29 is 18.8 Å². The maximum Gasteiger partial charge on any atom is 0.193 e. The lowest BCUT2D eigenvalue weighted by atomic mass is 9.60. The molecule has 4 atom stereocenters. The Hall–Kier alpha value is -0.783. The van der Waals surface area contributed by atoms with Crippen molar-refractivity contribution in [3.8, 4) is 0 Å². The molecule has 156 valence electrons. The first-order valence-corrected chi connectivity index (χ1v) is 13.8. The summed E-state index contributed by atoms with van der Waals surface area (Å²) >= 11 is 0. The normalized spacial score (nSPS) is 37.8. The molecule has 1 spiro atoms. The van der Waals surface area contributed by atoms with E-state index in [0.29, 0.717) is 12.8 Å². The van der Waals surface area contributed by atoms with Gasteiger partial charge in [-0.1, -0.05) is 40.2 Å². The van der Waals surface area contributed by atoms with Crippen LogP contribution in [0, 0.1) is 11.3 Å². The SMILES string of the molecule is CC1(C)[C@H]2C(=O)CC3=C(CCCC3)[C@H](O[Si](C)(C)C(C)(C)C)[C@@]23CC(=O)[C@@H]1O3. The number of ketones is 2. The number of allylic oxidation sites excluding steroid dienone is 1. The van der Waals surface area contributed by atoms with E-state index in [0.717, 1.165) is 25.7 Å². The summed E-state index contributed by atoms with van der Waals surface area (Å²) in [4.78, 5) is 26.4. The fourth-order valence-electron chi connectivity index (χ4n) is 5.96. The number of carbonyl (C=O) groups is 2. The van der Waals surface area contributed by atoms with E-state index in [2.05, 4.69) is 33.9 Å². The minimum Gasteiger partial charge on any atom is -0.407 e. The van der Waals surface area contributed by atoms with Gasteiger partial charge in [0.05, 0.1) is 12.0 Å². The van der Waals surface area contributed by atoms with Crippen LogP contribution in [-0.2, 0) is 18.8 Å². The Kier molecular flexibility index (Phi) is 4.47. The van der Waals surface area contributed by atoms with Gasteiger partial charge in [0.1, 0.15) is 17.5 Å². The topological polar surface area (TPSA) is 52.6 Å². The maximum absolute atomic E-state index is 13.5. The molecule has 4 nitrogen and oxygen atoms in total. The van der Waals surface area contributed by atoms with Crippen LogP contribution in [0.1, 0.15) is 73.1 Å². The highest BCUT2D eigenvalue weighted by Crippen LogP contribution is 2.62. The molecule has 28 heavy (non-hydrogen) atoms. The number of carbonyl (C=O) groups excluding carboxylic acids is 2. The fraction of sp³-hybridized carbons (Fsp3) is 0.826. The molecular weight excluding hydrogens is 368 g/mol. The van der Waals surface area contributed by atoms with Crippen LogP contribution in [0.25, 0.3) is 0 Å². The lowest BCUT2D eigenvalue weighted by molar-refractivity contribution is -0.136. The number of Topliss-reactive ketones (excluding diaryl/α,β-unsaturated/α-hetero) is 2. The molecule has 2 aliphatic carbocycles. The summed E-state index contributed by atoms with van der Waals surface area (Å²) in [6.45, 7) is 15.4. The van der Waals surface area contributed by atoms with Crippen LogP contribution in [0.4, 0.5) is 0 Å². The summed E-state index contributed by atoms with van der Waals surface area (Å²) in [7, 11) is -2.12. The molecule has 4 rings (SSSR count). The van der Waals surface area contributed by atoms with Gasteiger partial charge < -0.3 is 9.16 Å². The van der Waals surface area contributed by atoms with E-state index in [4.69, 9.17) is 9.16 Å². The van der Waals surface area contributed by atoms with Gasteiger partial charge in [-0.15, -0.1) is 0 Å². The summed E-state index contributed by atoms with van der Waals surface area (Å²) in [6.07, 6.45) is 4.35. The fourth-order valence-corrected chi connectivity index (χ4v) is 7.25. The molecule has 2 heterocycles. The minimum atomic E-state index is -2.12. The van der Waals surface area contributed by atoms with Crippen molar-refractivity contribution in [1.29, 1.82) is 0 Å². The van der Waals surface area contributed by atoms with Crippen molar-refractivity contribution >= 4 is 19.9 Å². The van der Waals surface area contributed by atoms with Crippen LogP contribution in [0.3, 0.4) is 0 Å². The highest BCUT2D eigenvalue weighted by Gasteiger charge is 2.73. The van der Waals surface area contributed by atoms with Crippen LogP contribution >= 0.6 is 0 Å². The predicted octanol–water partition coefficient (Wildman–Crippen LogP) is 4.97. The van der Waals surface area contributed by atoms with Crippen molar-refractivity contribution in [3.05, 3.63) is 11.1 Å². The molecular formula is C23H36O4Si. The predicted molar refractivity (Wildman–Crippen MR) is 112 cm³/mol.